The topological polar surface area (TPSA) is 41.1 Å². The van der Waals surface area contributed by atoms with Gasteiger partial charge in [0.25, 0.3) is 5.91 Å². The molecule has 0 saturated carbocycles. The number of aryl methyl sites for hydroxylation is 1. The number of hydrogen-bond acceptors (Lipinski definition) is 2. The minimum absolute atomic E-state index is 0.194. The quantitative estimate of drug-likeness (QED) is 0.884. The zero-order valence-corrected chi connectivity index (χ0v) is 12.4. The number of benzene rings is 2. The van der Waals surface area contributed by atoms with Crippen molar-refractivity contribution < 1.29 is 9.18 Å². The lowest BCUT2D eigenvalue weighted by atomic mass is 10.1. The van der Waals surface area contributed by atoms with Gasteiger partial charge in [-0.3, -0.25) is 4.79 Å². The van der Waals surface area contributed by atoms with E-state index in [1.807, 2.05) is 32.9 Å². The van der Waals surface area contributed by atoms with E-state index in [0.29, 0.717) is 5.56 Å². The maximum atomic E-state index is 13.7. The fourth-order valence-electron chi connectivity index (χ4n) is 2.04. The van der Waals surface area contributed by atoms with E-state index in [0.717, 1.165) is 11.3 Å². The SMILES string of the molecule is Cc1ccc(F)c(NC(=O)c2ccccc2NC(C)C)c1. The van der Waals surface area contributed by atoms with Gasteiger partial charge < -0.3 is 10.6 Å². The third-order valence-corrected chi connectivity index (χ3v) is 2.99. The molecule has 0 fully saturated rings. The molecule has 2 rings (SSSR count). The molecule has 2 N–H and O–H groups in total. The third-order valence-electron chi connectivity index (χ3n) is 2.99. The van der Waals surface area contributed by atoms with E-state index in [2.05, 4.69) is 10.6 Å². The average molecular weight is 286 g/mol. The fraction of sp³-hybridized carbons (Fsp3) is 0.235. The highest BCUT2D eigenvalue weighted by atomic mass is 19.1. The highest BCUT2D eigenvalue weighted by molar-refractivity contribution is 6.08. The summed E-state index contributed by atoms with van der Waals surface area (Å²) in [5.74, 6) is -0.772. The van der Waals surface area contributed by atoms with Crippen LogP contribution >= 0.6 is 0 Å². The summed E-state index contributed by atoms with van der Waals surface area (Å²) in [6.45, 7) is 5.84. The Hall–Kier alpha value is -2.36. The summed E-state index contributed by atoms with van der Waals surface area (Å²) in [5, 5.41) is 5.84. The lowest BCUT2D eigenvalue weighted by Crippen LogP contribution is -2.18. The monoisotopic (exact) mass is 286 g/mol. The molecule has 21 heavy (non-hydrogen) atoms. The van der Waals surface area contributed by atoms with E-state index in [-0.39, 0.29) is 17.6 Å². The van der Waals surface area contributed by atoms with Crippen LogP contribution in [0.5, 0.6) is 0 Å². The van der Waals surface area contributed by atoms with Gasteiger partial charge in [-0.1, -0.05) is 18.2 Å². The molecule has 0 aliphatic heterocycles. The van der Waals surface area contributed by atoms with Crippen LogP contribution in [0.3, 0.4) is 0 Å². The molecule has 4 heteroatoms. The highest BCUT2D eigenvalue weighted by Crippen LogP contribution is 2.20. The van der Waals surface area contributed by atoms with Gasteiger partial charge in [-0.2, -0.15) is 0 Å². The Labute approximate surface area is 124 Å². The minimum atomic E-state index is -0.441. The largest absolute Gasteiger partial charge is 0.382 e. The van der Waals surface area contributed by atoms with Gasteiger partial charge in [0.05, 0.1) is 11.3 Å². The number of rotatable bonds is 4. The van der Waals surface area contributed by atoms with Crippen LogP contribution in [0.25, 0.3) is 0 Å². The molecule has 0 aliphatic rings. The molecule has 0 unspecified atom stereocenters. The first-order valence-corrected chi connectivity index (χ1v) is 6.90. The summed E-state index contributed by atoms with van der Waals surface area (Å²) < 4.78 is 13.7. The standard InChI is InChI=1S/C17H19FN2O/c1-11(2)19-15-7-5-4-6-13(15)17(21)20-16-10-12(3)8-9-14(16)18/h4-11,19H,1-3H3,(H,20,21). The molecular formula is C17H19FN2O. The van der Waals surface area contributed by atoms with Gasteiger partial charge in [-0.05, 0) is 50.6 Å². The molecule has 110 valence electrons. The molecular weight excluding hydrogens is 267 g/mol. The molecule has 0 heterocycles. The van der Waals surface area contributed by atoms with Crippen LogP contribution in [0, 0.1) is 12.7 Å². The zero-order valence-electron chi connectivity index (χ0n) is 12.4. The van der Waals surface area contributed by atoms with Gasteiger partial charge in [-0.25, -0.2) is 4.39 Å². The van der Waals surface area contributed by atoms with Crippen LogP contribution in [-0.4, -0.2) is 11.9 Å². The molecule has 0 radical (unpaired) electrons. The number of carbonyl (C=O) groups excluding carboxylic acids is 1. The summed E-state index contributed by atoms with van der Waals surface area (Å²) >= 11 is 0. The van der Waals surface area contributed by atoms with Crippen LogP contribution in [-0.2, 0) is 0 Å². The number of para-hydroxylation sites is 1. The van der Waals surface area contributed by atoms with Crippen LogP contribution < -0.4 is 10.6 Å². The predicted molar refractivity (Wildman–Crippen MR) is 84.3 cm³/mol. The van der Waals surface area contributed by atoms with Gasteiger partial charge >= 0.3 is 0 Å². The first kappa shape index (κ1) is 15.0. The maximum Gasteiger partial charge on any atom is 0.257 e. The van der Waals surface area contributed by atoms with E-state index >= 15 is 0 Å². The van der Waals surface area contributed by atoms with Crippen LogP contribution in [0.2, 0.25) is 0 Å². The van der Waals surface area contributed by atoms with E-state index in [9.17, 15) is 9.18 Å². The number of anilines is 2. The van der Waals surface area contributed by atoms with Crippen molar-refractivity contribution in [3.8, 4) is 0 Å². The Balaban J connectivity index is 2.26. The Kier molecular flexibility index (Phi) is 4.58. The van der Waals surface area contributed by atoms with Crippen LogP contribution in [0.15, 0.2) is 42.5 Å². The molecule has 0 aromatic heterocycles. The smallest absolute Gasteiger partial charge is 0.257 e. The predicted octanol–water partition coefficient (Wildman–Crippen LogP) is 4.21. The molecule has 2 aromatic carbocycles. The Morgan fingerprint density at radius 1 is 1.10 bits per heavy atom. The van der Waals surface area contributed by atoms with Gasteiger partial charge in [0.1, 0.15) is 5.82 Å². The van der Waals surface area contributed by atoms with Crippen LogP contribution in [0.1, 0.15) is 29.8 Å². The second-order valence-electron chi connectivity index (χ2n) is 5.28. The molecule has 0 atom stereocenters. The van der Waals surface area contributed by atoms with Crippen molar-refractivity contribution in [2.24, 2.45) is 0 Å². The van der Waals surface area contributed by atoms with E-state index in [1.54, 1.807) is 24.3 Å². The molecule has 0 spiro atoms. The Bertz CT molecular complexity index is 653. The summed E-state index contributed by atoms with van der Waals surface area (Å²) in [7, 11) is 0. The van der Waals surface area contributed by atoms with Crippen molar-refractivity contribution in [3.63, 3.8) is 0 Å². The molecule has 0 saturated heterocycles. The molecule has 0 aliphatic carbocycles. The lowest BCUT2D eigenvalue weighted by Gasteiger charge is -2.15. The third kappa shape index (κ3) is 3.81. The van der Waals surface area contributed by atoms with E-state index < -0.39 is 5.82 Å². The Morgan fingerprint density at radius 2 is 1.81 bits per heavy atom. The van der Waals surface area contributed by atoms with Crippen LogP contribution in [0.4, 0.5) is 15.8 Å². The summed E-state index contributed by atoms with van der Waals surface area (Å²) in [5.41, 5.74) is 2.31. The number of carbonyl (C=O) groups is 1. The summed E-state index contributed by atoms with van der Waals surface area (Å²) in [4.78, 5) is 12.4. The van der Waals surface area contributed by atoms with Crippen molar-refractivity contribution in [1.29, 1.82) is 0 Å². The van der Waals surface area contributed by atoms with Crippen molar-refractivity contribution in [1.82, 2.24) is 0 Å². The minimum Gasteiger partial charge on any atom is -0.382 e. The number of halogens is 1. The van der Waals surface area contributed by atoms with Crippen molar-refractivity contribution in [3.05, 3.63) is 59.4 Å². The normalized spacial score (nSPS) is 10.5. The van der Waals surface area contributed by atoms with Gasteiger partial charge in [-0.15, -0.1) is 0 Å². The van der Waals surface area contributed by atoms with Crippen molar-refractivity contribution in [2.45, 2.75) is 26.8 Å². The highest BCUT2D eigenvalue weighted by Gasteiger charge is 2.13. The van der Waals surface area contributed by atoms with Gasteiger partial charge in [0.2, 0.25) is 0 Å². The van der Waals surface area contributed by atoms with E-state index in [4.69, 9.17) is 0 Å². The van der Waals surface area contributed by atoms with E-state index in [1.165, 1.54) is 6.07 Å². The second kappa shape index (κ2) is 6.39. The summed E-state index contributed by atoms with van der Waals surface area (Å²) in [6, 6.07) is 12.0. The Morgan fingerprint density at radius 3 is 2.52 bits per heavy atom. The maximum absolute atomic E-state index is 13.7. The molecule has 1 amide bonds. The zero-order chi connectivity index (χ0) is 15.4. The number of hydrogen-bond donors (Lipinski definition) is 2. The van der Waals surface area contributed by atoms with Gasteiger partial charge in [0.15, 0.2) is 0 Å². The lowest BCUT2D eigenvalue weighted by molar-refractivity contribution is 0.102. The van der Waals surface area contributed by atoms with Crippen molar-refractivity contribution >= 4 is 17.3 Å². The molecule has 2 aromatic rings. The van der Waals surface area contributed by atoms with Crippen molar-refractivity contribution in [2.75, 3.05) is 10.6 Å². The molecule has 3 nitrogen and oxygen atoms in total. The average Bonchev–Trinajstić information content (AvgIpc) is 2.42. The number of nitrogens with one attached hydrogen (secondary N) is 2. The first-order valence-electron chi connectivity index (χ1n) is 6.90. The summed E-state index contributed by atoms with van der Waals surface area (Å²) in [6.07, 6.45) is 0. The number of amides is 1. The molecule has 0 bridgehead atoms. The second-order valence-corrected chi connectivity index (χ2v) is 5.28. The first-order chi connectivity index (χ1) is 9.97. The van der Waals surface area contributed by atoms with Gasteiger partial charge in [0, 0.05) is 11.7 Å². The fourth-order valence-corrected chi connectivity index (χ4v) is 2.04.